The molecule has 3 aromatic carbocycles. The summed E-state index contributed by atoms with van der Waals surface area (Å²) in [5, 5.41) is 5.15. The summed E-state index contributed by atoms with van der Waals surface area (Å²) in [6, 6.07) is 21.3. The zero-order chi connectivity index (χ0) is 30.7. The summed E-state index contributed by atoms with van der Waals surface area (Å²) < 4.78 is 38.8. The Morgan fingerprint density at radius 3 is 2.26 bits per heavy atom. The van der Waals surface area contributed by atoms with Crippen molar-refractivity contribution < 1.29 is 27.6 Å². The largest absolute Gasteiger partial charge is 0.416 e. The third-order valence-electron chi connectivity index (χ3n) is 5.98. The standard InChI is InChI=1S/C22H21F3N4O2.C8H8ClNO/c1-2-29-19(27-17-9-4-3-5-10-17)15(13-26)12-18(21(29)31)28-20(30)14-7-6-8-16(11-14)22(23,24)25;9-6-8(11)10-7-4-2-1-3-5-7/h3-11,13,18H,2,12,26H2,1H3,(H,28,30);1-5H,6H2,(H,10,11)/b15-13-,27-19?;. The van der Waals surface area contributed by atoms with Crippen LogP contribution in [0.5, 0.6) is 0 Å². The predicted octanol–water partition coefficient (Wildman–Crippen LogP) is 5.49. The van der Waals surface area contributed by atoms with Crippen LogP contribution in [0.3, 0.4) is 0 Å². The number of benzene rings is 3. The molecule has 1 saturated heterocycles. The van der Waals surface area contributed by atoms with Crippen molar-refractivity contribution in [3.8, 4) is 0 Å². The molecule has 1 aliphatic heterocycles. The number of hydrogen-bond donors (Lipinski definition) is 3. The van der Waals surface area contributed by atoms with Crippen LogP contribution in [0.25, 0.3) is 0 Å². The summed E-state index contributed by atoms with van der Waals surface area (Å²) in [6.45, 7) is 2.03. The topological polar surface area (TPSA) is 117 Å². The van der Waals surface area contributed by atoms with Crippen LogP contribution in [0.4, 0.5) is 24.5 Å². The molecule has 1 aliphatic rings. The van der Waals surface area contributed by atoms with E-state index in [9.17, 15) is 27.6 Å². The fraction of sp³-hybridized carbons (Fsp3) is 0.200. The molecule has 4 N–H and O–H groups in total. The maximum absolute atomic E-state index is 13.0. The summed E-state index contributed by atoms with van der Waals surface area (Å²) in [5.74, 6) is -0.999. The van der Waals surface area contributed by atoms with Gasteiger partial charge in [0.2, 0.25) is 5.91 Å². The van der Waals surface area contributed by atoms with Gasteiger partial charge in [0.1, 0.15) is 17.8 Å². The molecule has 220 valence electrons. The maximum atomic E-state index is 13.0. The maximum Gasteiger partial charge on any atom is 0.416 e. The zero-order valence-corrected chi connectivity index (χ0v) is 23.3. The summed E-state index contributed by atoms with van der Waals surface area (Å²) in [6.07, 6.45) is -3.18. The molecule has 0 spiro atoms. The lowest BCUT2D eigenvalue weighted by Gasteiger charge is -2.34. The number of halogens is 4. The number of carbonyl (C=O) groups is 3. The SMILES string of the molecule is CCN1C(=O)C(NC(=O)c2cccc(C(F)(F)F)c2)C/C(=C/N)C1=Nc1ccccc1.O=C(CCl)Nc1ccccc1. The Morgan fingerprint density at radius 1 is 1.05 bits per heavy atom. The number of anilines is 1. The van der Waals surface area contributed by atoms with E-state index in [1.54, 1.807) is 19.1 Å². The number of para-hydroxylation sites is 2. The van der Waals surface area contributed by atoms with Crippen molar-refractivity contribution in [1.29, 1.82) is 0 Å². The first-order valence-electron chi connectivity index (χ1n) is 12.8. The average molecular weight is 600 g/mol. The highest BCUT2D eigenvalue weighted by Crippen LogP contribution is 2.30. The minimum atomic E-state index is -4.58. The van der Waals surface area contributed by atoms with Gasteiger partial charge in [0.25, 0.3) is 11.8 Å². The number of alkyl halides is 4. The molecule has 0 aromatic heterocycles. The van der Waals surface area contributed by atoms with Crippen LogP contribution in [0.15, 0.2) is 102 Å². The fourth-order valence-corrected chi connectivity index (χ4v) is 4.04. The van der Waals surface area contributed by atoms with E-state index in [0.29, 0.717) is 17.1 Å². The number of rotatable bonds is 6. The van der Waals surface area contributed by atoms with Gasteiger partial charge in [-0.2, -0.15) is 13.2 Å². The first kappa shape index (κ1) is 31.9. The van der Waals surface area contributed by atoms with Crippen molar-refractivity contribution in [2.24, 2.45) is 10.7 Å². The first-order chi connectivity index (χ1) is 20.1. The van der Waals surface area contributed by atoms with Crippen molar-refractivity contribution in [1.82, 2.24) is 10.2 Å². The zero-order valence-electron chi connectivity index (χ0n) is 22.6. The first-order valence-corrected chi connectivity index (χ1v) is 13.4. The number of nitrogens with one attached hydrogen (secondary N) is 2. The van der Waals surface area contributed by atoms with Crippen molar-refractivity contribution in [3.05, 3.63) is 108 Å². The van der Waals surface area contributed by atoms with Crippen LogP contribution < -0.4 is 16.4 Å². The fourth-order valence-electron chi connectivity index (χ4n) is 3.98. The number of amidine groups is 1. The molecule has 4 rings (SSSR count). The summed E-state index contributed by atoms with van der Waals surface area (Å²) in [4.78, 5) is 42.2. The lowest BCUT2D eigenvalue weighted by atomic mass is 9.97. The summed E-state index contributed by atoms with van der Waals surface area (Å²) in [7, 11) is 0. The number of nitrogens with two attached hydrogens (primary N) is 1. The number of hydrogen-bond acceptors (Lipinski definition) is 5. The Morgan fingerprint density at radius 2 is 1.69 bits per heavy atom. The summed E-state index contributed by atoms with van der Waals surface area (Å²) in [5.41, 5.74) is 6.59. The number of carbonyl (C=O) groups excluding carboxylic acids is 3. The second-order valence-electron chi connectivity index (χ2n) is 8.90. The quantitative estimate of drug-likeness (QED) is 0.325. The molecule has 1 unspecified atom stereocenters. The van der Waals surface area contributed by atoms with E-state index in [2.05, 4.69) is 15.6 Å². The molecule has 1 heterocycles. The molecular weight excluding hydrogens is 571 g/mol. The molecule has 0 saturated carbocycles. The number of aliphatic imine (C=N–C) groups is 1. The minimum absolute atomic E-state index is 0.00507. The lowest BCUT2D eigenvalue weighted by Crippen LogP contribution is -2.55. The molecule has 42 heavy (non-hydrogen) atoms. The van der Waals surface area contributed by atoms with Crippen LogP contribution in [-0.2, 0) is 15.8 Å². The minimum Gasteiger partial charge on any atom is -0.404 e. The molecule has 8 nitrogen and oxygen atoms in total. The van der Waals surface area contributed by atoms with Crippen molar-refractivity contribution in [2.75, 3.05) is 17.7 Å². The Hall–Kier alpha value is -4.64. The molecule has 3 aromatic rings. The highest BCUT2D eigenvalue weighted by molar-refractivity contribution is 6.29. The Labute approximate surface area is 246 Å². The van der Waals surface area contributed by atoms with E-state index in [4.69, 9.17) is 17.3 Å². The van der Waals surface area contributed by atoms with E-state index < -0.39 is 29.6 Å². The Kier molecular flexibility index (Phi) is 11.3. The molecule has 12 heteroatoms. The van der Waals surface area contributed by atoms with Gasteiger partial charge < -0.3 is 16.4 Å². The van der Waals surface area contributed by atoms with Crippen LogP contribution >= 0.6 is 11.6 Å². The van der Waals surface area contributed by atoms with Gasteiger partial charge in [-0.25, -0.2) is 4.99 Å². The average Bonchev–Trinajstić information content (AvgIpc) is 2.99. The van der Waals surface area contributed by atoms with Crippen molar-refractivity contribution in [2.45, 2.75) is 25.6 Å². The molecule has 0 radical (unpaired) electrons. The molecule has 1 fully saturated rings. The number of amides is 3. The molecule has 0 bridgehead atoms. The number of likely N-dealkylation sites (N-methyl/N-ethyl adjacent to an activating group) is 1. The third-order valence-corrected chi connectivity index (χ3v) is 6.22. The van der Waals surface area contributed by atoms with Crippen LogP contribution in [0.2, 0.25) is 0 Å². The van der Waals surface area contributed by atoms with E-state index in [1.807, 2.05) is 48.5 Å². The molecular formula is C30H29ClF3N5O3. The highest BCUT2D eigenvalue weighted by Gasteiger charge is 2.37. The van der Waals surface area contributed by atoms with Gasteiger partial charge in [-0.1, -0.05) is 42.5 Å². The summed E-state index contributed by atoms with van der Waals surface area (Å²) >= 11 is 5.29. The van der Waals surface area contributed by atoms with Gasteiger partial charge in [-0.15, -0.1) is 11.6 Å². The van der Waals surface area contributed by atoms with Gasteiger partial charge in [0, 0.05) is 36.0 Å². The van der Waals surface area contributed by atoms with Crippen molar-refractivity contribution >= 4 is 46.5 Å². The second-order valence-corrected chi connectivity index (χ2v) is 9.17. The molecule has 1 atom stereocenters. The smallest absolute Gasteiger partial charge is 0.404 e. The lowest BCUT2D eigenvalue weighted by molar-refractivity contribution is -0.137. The van der Waals surface area contributed by atoms with Crippen LogP contribution in [0.1, 0.15) is 29.3 Å². The normalized spacial score (nSPS) is 16.9. The van der Waals surface area contributed by atoms with Gasteiger partial charge in [-0.05, 0) is 49.4 Å². The van der Waals surface area contributed by atoms with Crippen LogP contribution in [0, 0.1) is 0 Å². The molecule has 3 amide bonds. The van der Waals surface area contributed by atoms with E-state index >= 15 is 0 Å². The third kappa shape index (κ3) is 8.68. The number of likely N-dealkylation sites (tertiary alicyclic amines) is 1. The van der Waals surface area contributed by atoms with Crippen LogP contribution in [-0.4, -0.2) is 46.9 Å². The predicted molar refractivity (Wildman–Crippen MR) is 156 cm³/mol. The van der Waals surface area contributed by atoms with Gasteiger partial charge in [0.15, 0.2) is 0 Å². The second kappa shape index (κ2) is 14.8. The Bertz CT molecular complexity index is 1450. The molecule has 0 aliphatic carbocycles. The van der Waals surface area contributed by atoms with E-state index in [1.165, 1.54) is 17.2 Å². The monoisotopic (exact) mass is 599 g/mol. The van der Waals surface area contributed by atoms with Crippen molar-refractivity contribution in [3.63, 3.8) is 0 Å². The number of nitrogens with zero attached hydrogens (tertiary/aromatic N) is 2. The van der Waals surface area contributed by atoms with Gasteiger partial charge in [0.05, 0.1) is 11.3 Å². The van der Waals surface area contributed by atoms with E-state index in [-0.39, 0.29) is 30.3 Å². The van der Waals surface area contributed by atoms with Gasteiger partial charge >= 0.3 is 6.18 Å². The Balaban J connectivity index is 0.000000369. The number of piperidine rings is 1. The van der Waals surface area contributed by atoms with Gasteiger partial charge in [-0.3, -0.25) is 19.3 Å². The highest BCUT2D eigenvalue weighted by atomic mass is 35.5. The van der Waals surface area contributed by atoms with E-state index in [0.717, 1.165) is 23.9 Å².